The molecule has 2 heterocycles. The molecule has 1 unspecified atom stereocenters. The Morgan fingerprint density at radius 1 is 0.912 bits per heavy atom. The Morgan fingerprint density at radius 3 is 2.47 bits per heavy atom. The van der Waals surface area contributed by atoms with Gasteiger partial charge < -0.3 is 19.3 Å². The molecule has 0 amide bonds. The molecule has 0 radical (unpaired) electrons. The van der Waals surface area contributed by atoms with Crippen molar-refractivity contribution in [3.8, 4) is 23.0 Å². The number of ether oxygens (including phenoxy) is 3. The average Bonchev–Trinajstić information content (AvgIpc) is 3.12. The minimum atomic E-state index is -1.22. The van der Waals surface area contributed by atoms with Gasteiger partial charge in [0.2, 0.25) is 0 Å². The average molecular weight is 459 g/mol. The van der Waals surface area contributed by atoms with Crippen molar-refractivity contribution in [2.24, 2.45) is 0 Å². The van der Waals surface area contributed by atoms with Crippen LogP contribution < -0.4 is 9.47 Å². The minimum Gasteiger partial charge on any atom is -0.508 e. The van der Waals surface area contributed by atoms with E-state index in [0.29, 0.717) is 45.9 Å². The first-order valence-electron chi connectivity index (χ1n) is 11.7. The third-order valence-electron chi connectivity index (χ3n) is 6.38. The topological polar surface area (TPSA) is 82.1 Å². The summed E-state index contributed by atoms with van der Waals surface area (Å²) in [5.74, 6) is 0.431. The highest BCUT2D eigenvalue weighted by molar-refractivity contribution is 5.97. The molecule has 3 aromatic carbocycles. The van der Waals surface area contributed by atoms with Crippen molar-refractivity contribution in [2.45, 2.75) is 51.0 Å². The van der Waals surface area contributed by atoms with Gasteiger partial charge in [-0.1, -0.05) is 50.8 Å². The molecule has 0 fully saturated rings. The highest BCUT2D eigenvalue weighted by Gasteiger charge is 2.53. The zero-order valence-electron chi connectivity index (χ0n) is 19.0. The summed E-state index contributed by atoms with van der Waals surface area (Å²) in [7, 11) is 0. The second-order valence-electron chi connectivity index (χ2n) is 8.70. The molecule has 0 saturated heterocycles. The third-order valence-corrected chi connectivity index (χ3v) is 6.38. The van der Waals surface area contributed by atoms with Crippen molar-refractivity contribution in [1.29, 1.82) is 0 Å². The summed E-state index contributed by atoms with van der Waals surface area (Å²) in [4.78, 5) is 25.2. The van der Waals surface area contributed by atoms with Gasteiger partial charge >= 0.3 is 11.9 Å². The molecule has 1 spiro atoms. The molecule has 0 bridgehead atoms. The number of rotatable bonds is 7. The highest BCUT2D eigenvalue weighted by Crippen LogP contribution is 2.56. The summed E-state index contributed by atoms with van der Waals surface area (Å²) in [5.41, 5.74) is 1.21. The first-order chi connectivity index (χ1) is 16.5. The van der Waals surface area contributed by atoms with Crippen LogP contribution in [0, 0.1) is 0 Å². The van der Waals surface area contributed by atoms with Gasteiger partial charge in [-0.25, -0.2) is 4.79 Å². The van der Waals surface area contributed by atoms with Crippen molar-refractivity contribution >= 4 is 11.9 Å². The van der Waals surface area contributed by atoms with Crippen LogP contribution in [0.25, 0.3) is 0 Å². The molecule has 2 aliphatic heterocycles. The fraction of sp³-hybridized carbons (Fsp3) is 0.286. The normalized spacial score (nSPS) is 17.4. The molecular weight excluding hydrogens is 432 g/mol. The number of hydrogen-bond donors (Lipinski definition) is 1. The molecule has 174 valence electrons. The number of esters is 2. The smallest absolute Gasteiger partial charge is 0.340 e. The number of carbonyl (C=O) groups is 2. The largest absolute Gasteiger partial charge is 0.508 e. The number of unbranched alkanes of at least 4 members (excludes halogenated alkanes) is 4. The molecule has 0 saturated carbocycles. The lowest BCUT2D eigenvalue weighted by atomic mass is 9.77. The second kappa shape index (κ2) is 8.86. The Bertz CT molecular complexity index is 1260. The number of phenolic OH excluding ortho intramolecular Hbond substituents is 1. The molecule has 3 aromatic rings. The molecule has 0 aromatic heterocycles. The first kappa shape index (κ1) is 22.0. The monoisotopic (exact) mass is 458 g/mol. The van der Waals surface area contributed by atoms with Gasteiger partial charge in [0.25, 0.3) is 0 Å². The summed E-state index contributed by atoms with van der Waals surface area (Å²) in [5, 5.41) is 10.1. The number of fused-ring (bicyclic) bond motifs is 6. The van der Waals surface area contributed by atoms with E-state index >= 15 is 0 Å². The lowest BCUT2D eigenvalue weighted by Gasteiger charge is -2.36. The van der Waals surface area contributed by atoms with Crippen molar-refractivity contribution < 1.29 is 28.9 Å². The summed E-state index contributed by atoms with van der Waals surface area (Å²) in [6.07, 6.45) is 5.59. The Hall–Kier alpha value is -3.80. The number of phenols is 1. The zero-order valence-corrected chi connectivity index (χ0v) is 19.0. The maximum atomic E-state index is 12.8. The lowest BCUT2D eigenvalue weighted by molar-refractivity contribution is -0.134. The zero-order chi connectivity index (χ0) is 23.7. The van der Waals surface area contributed by atoms with Gasteiger partial charge in [-0.3, -0.25) is 4.79 Å². The van der Waals surface area contributed by atoms with Crippen molar-refractivity contribution in [3.05, 3.63) is 82.9 Å². The van der Waals surface area contributed by atoms with Crippen LogP contribution in [-0.4, -0.2) is 17.0 Å². The second-order valence-corrected chi connectivity index (χ2v) is 8.70. The number of carbonyl (C=O) groups excluding carboxylic acids is 2. The van der Waals surface area contributed by atoms with Crippen LogP contribution in [0.1, 0.15) is 72.5 Å². The summed E-state index contributed by atoms with van der Waals surface area (Å²) in [6, 6.07) is 17.1. The van der Waals surface area contributed by atoms with Gasteiger partial charge in [0.05, 0.1) is 5.56 Å². The highest BCUT2D eigenvalue weighted by atomic mass is 16.6. The number of aromatic hydroxyl groups is 1. The van der Waals surface area contributed by atoms with Crippen LogP contribution in [0.3, 0.4) is 0 Å². The van der Waals surface area contributed by atoms with Gasteiger partial charge in [-0.2, -0.15) is 0 Å². The van der Waals surface area contributed by atoms with E-state index in [4.69, 9.17) is 14.2 Å². The van der Waals surface area contributed by atoms with Gasteiger partial charge in [0.15, 0.2) is 5.60 Å². The molecule has 2 aliphatic rings. The van der Waals surface area contributed by atoms with E-state index in [1.165, 1.54) is 12.5 Å². The van der Waals surface area contributed by atoms with E-state index in [9.17, 15) is 14.7 Å². The van der Waals surface area contributed by atoms with E-state index < -0.39 is 11.6 Å². The molecular formula is C28H26O6. The maximum Gasteiger partial charge on any atom is 0.340 e. The first-order valence-corrected chi connectivity index (χ1v) is 11.7. The van der Waals surface area contributed by atoms with E-state index in [1.54, 1.807) is 42.5 Å². The van der Waals surface area contributed by atoms with Crippen LogP contribution in [0.15, 0.2) is 60.7 Å². The molecule has 1 N–H and O–H groups in total. The molecule has 6 nitrogen and oxygen atoms in total. The fourth-order valence-corrected chi connectivity index (χ4v) is 4.76. The van der Waals surface area contributed by atoms with Gasteiger partial charge in [-0.15, -0.1) is 0 Å². The van der Waals surface area contributed by atoms with E-state index in [2.05, 4.69) is 6.92 Å². The van der Waals surface area contributed by atoms with Gasteiger partial charge in [0.1, 0.15) is 23.0 Å². The fourth-order valence-electron chi connectivity index (χ4n) is 4.76. The minimum absolute atomic E-state index is 0.0283. The van der Waals surface area contributed by atoms with Crippen LogP contribution in [-0.2, 0) is 15.1 Å². The van der Waals surface area contributed by atoms with Crippen LogP contribution in [0.5, 0.6) is 23.0 Å². The van der Waals surface area contributed by atoms with Crippen molar-refractivity contribution in [2.75, 3.05) is 0 Å². The summed E-state index contributed by atoms with van der Waals surface area (Å²) >= 11 is 0. The molecule has 5 rings (SSSR count). The molecule has 6 heteroatoms. The Labute approximate surface area is 198 Å². The molecule has 0 aliphatic carbocycles. The summed E-state index contributed by atoms with van der Waals surface area (Å²) < 4.78 is 17.7. The maximum absolute atomic E-state index is 12.8. The van der Waals surface area contributed by atoms with Crippen LogP contribution in [0.2, 0.25) is 0 Å². The third kappa shape index (κ3) is 3.69. The number of hydrogen-bond acceptors (Lipinski definition) is 6. The van der Waals surface area contributed by atoms with E-state index in [-0.39, 0.29) is 11.7 Å². The molecule has 34 heavy (non-hydrogen) atoms. The van der Waals surface area contributed by atoms with E-state index in [0.717, 1.165) is 25.7 Å². The van der Waals surface area contributed by atoms with Crippen LogP contribution in [0.4, 0.5) is 0 Å². The Balaban J connectivity index is 1.49. The Morgan fingerprint density at radius 2 is 1.65 bits per heavy atom. The number of benzene rings is 3. The Kier molecular flexibility index (Phi) is 5.74. The predicted molar refractivity (Wildman–Crippen MR) is 125 cm³/mol. The predicted octanol–water partition coefficient (Wildman–Crippen LogP) is 6.23. The van der Waals surface area contributed by atoms with Crippen LogP contribution >= 0.6 is 0 Å². The van der Waals surface area contributed by atoms with E-state index in [1.807, 2.05) is 12.1 Å². The standard InChI is InChI=1S/C28H26O6/c1-2-3-4-5-6-11-26(30)32-19-13-15-23-25(17-19)33-24-16-18(29)12-14-22(24)28(23)21-10-8-7-9-20(21)27(31)34-28/h7-10,12-17,29H,2-6,11H2,1H3. The van der Waals surface area contributed by atoms with Gasteiger partial charge in [0, 0.05) is 35.2 Å². The van der Waals surface area contributed by atoms with Crippen molar-refractivity contribution in [1.82, 2.24) is 0 Å². The lowest BCUT2D eigenvalue weighted by Crippen LogP contribution is -2.33. The summed E-state index contributed by atoms with van der Waals surface area (Å²) in [6.45, 7) is 2.15. The molecule has 1 atom stereocenters. The van der Waals surface area contributed by atoms with Crippen molar-refractivity contribution in [3.63, 3.8) is 0 Å². The quantitative estimate of drug-likeness (QED) is 0.257. The SMILES string of the molecule is CCCCCCCC(=O)Oc1ccc2c(c1)Oc1cc(O)ccc1C21OC(=O)c2ccccc21. The van der Waals surface area contributed by atoms with Gasteiger partial charge in [-0.05, 0) is 36.8 Å².